The first-order valence-electron chi connectivity index (χ1n) is 9.55. The van der Waals surface area contributed by atoms with Crippen molar-refractivity contribution in [2.75, 3.05) is 6.54 Å². The minimum Gasteiger partial charge on any atom is -0.476 e. The van der Waals surface area contributed by atoms with Crippen molar-refractivity contribution in [2.45, 2.75) is 43.8 Å². The topological polar surface area (TPSA) is 90.7 Å². The number of benzene rings is 1. The van der Waals surface area contributed by atoms with Crippen molar-refractivity contribution in [3.8, 4) is 0 Å². The molecule has 0 radical (unpaired) electrons. The van der Waals surface area contributed by atoms with Gasteiger partial charge in [-0.05, 0) is 19.3 Å². The van der Waals surface area contributed by atoms with Crippen molar-refractivity contribution in [1.82, 2.24) is 9.88 Å². The molecule has 0 aliphatic carbocycles. The maximum absolute atomic E-state index is 14.4. The van der Waals surface area contributed by atoms with Crippen LogP contribution < -0.4 is 0 Å². The first-order chi connectivity index (χ1) is 14.3. The molecule has 0 saturated carbocycles. The van der Waals surface area contributed by atoms with Crippen LogP contribution in [-0.4, -0.2) is 50.7 Å². The summed E-state index contributed by atoms with van der Waals surface area (Å²) in [7, 11) is 0. The van der Waals surface area contributed by atoms with Gasteiger partial charge in [0.2, 0.25) is 5.91 Å². The highest BCUT2D eigenvalue weighted by Crippen LogP contribution is 2.32. The number of aliphatic hydroxyl groups is 1. The number of carbonyl (C=O) groups is 2. The van der Waals surface area contributed by atoms with Crippen molar-refractivity contribution in [1.29, 1.82) is 0 Å². The van der Waals surface area contributed by atoms with Crippen LogP contribution in [0.1, 0.15) is 40.2 Å². The van der Waals surface area contributed by atoms with Crippen molar-refractivity contribution in [2.24, 2.45) is 0 Å². The molecule has 2 unspecified atom stereocenters. The van der Waals surface area contributed by atoms with Gasteiger partial charge in [0.25, 0.3) is 0 Å². The van der Waals surface area contributed by atoms with E-state index in [4.69, 9.17) is 5.11 Å². The van der Waals surface area contributed by atoms with Gasteiger partial charge in [-0.1, -0.05) is 42.5 Å². The van der Waals surface area contributed by atoms with Gasteiger partial charge in [0, 0.05) is 23.4 Å². The van der Waals surface area contributed by atoms with E-state index in [1.165, 1.54) is 47.2 Å². The Morgan fingerprint density at radius 1 is 1.37 bits per heavy atom. The van der Waals surface area contributed by atoms with Crippen LogP contribution in [0.15, 0.2) is 48.0 Å². The van der Waals surface area contributed by atoms with Gasteiger partial charge in [-0.15, -0.1) is 11.3 Å². The fourth-order valence-corrected chi connectivity index (χ4v) is 4.26. The van der Waals surface area contributed by atoms with Crippen molar-refractivity contribution in [3.63, 3.8) is 0 Å². The average Bonchev–Trinajstić information content (AvgIpc) is 3.34. The van der Waals surface area contributed by atoms with Gasteiger partial charge in [-0.3, -0.25) is 4.79 Å². The Labute approximate surface area is 176 Å². The molecule has 2 atom stereocenters. The van der Waals surface area contributed by atoms with E-state index in [2.05, 4.69) is 4.98 Å². The van der Waals surface area contributed by atoms with E-state index in [-0.39, 0.29) is 23.2 Å². The third-order valence-corrected chi connectivity index (χ3v) is 5.96. The van der Waals surface area contributed by atoms with E-state index in [0.29, 0.717) is 37.1 Å². The number of amides is 1. The molecule has 2 N–H and O–H groups in total. The summed E-state index contributed by atoms with van der Waals surface area (Å²) in [6.07, 6.45) is 2.29. The van der Waals surface area contributed by atoms with Crippen LogP contribution >= 0.6 is 11.3 Å². The standard InChI is InChI=1S/C21H22F2N2O4S/c22-21(23,14-5-2-1-3-6-14)17(26)10-8-15-9-11-18(27)25(15)12-4-7-16-19(20(28)29)24-13-30-16/h1-3,5-6,8,10,13,15,17,26H,4,7,9,11-12H2,(H,28,29). The number of halogens is 2. The summed E-state index contributed by atoms with van der Waals surface area (Å²) in [5.74, 6) is -4.61. The molecule has 6 nitrogen and oxygen atoms in total. The van der Waals surface area contributed by atoms with Gasteiger partial charge in [-0.2, -0.15) is 8.78 Å². The number of hydrogen-bond donors (Lipinski definition) is 2. The lowest BCUT2D eigenvalue weighted by Crippen LogP contribution is -2.34. The largest absolute Gasteiger partial charge is 0.476 e. The quantitative estimate of drug-likeness (QED) is 0.588. The predicted molar refractivity (Wildman–Crippen MR) is 108 cm³/mol. The van der Waals surface area contributed by atoms with Gasteiger partial charge < -0.3 is 15.1 Å². The molecule has 2 aromatic rings. The molecule has 160 valence electrons. The van der Waals surface area contributed by atoms with E-state index in [0.717, 1.165) is 6.08 Å². The number of nitrogens with zero attached hydrogens (tertiary/aromatic N) is 2. The van der Waals surface area contributed by atoms with Crippen LogP contribution in [0.4, 0.5) is 8.78 Å². The fourth-order valence-electron chi connectivity index (χ4n) is 3.46. The zero-order valence-corrected chi connectivity index (χ0v) is 16.9. The minimum atomic E-state index is -3.44. The number of hydrogen-bond acceptors (Lipinski definition) is 5. The summed E-state index contributed by atoms with van der Waals surface area (Å²) in [5.41, 5.74) is 1.22. The Kier molecular flexibility index (Phi) is 6.94. The molecule has 1 aliphatic rings. The monoisotopic (exact) mass is 436 g/mol. The smallest absolute Gasteiger partial charge is 0.355 e. The highest BCUT2D eigenvalue weighted by molar-refractivity contribution is 7.09. The summed E-state index contributed by atoms with van der Waals surface area (Å²) in [6, 6.07) is 6.72. The number of carboxylic acid groups (broad SMARTS) is 1. The summed E-state index contributed by atoms with van der Waals surface area (Å²) in [6.45, 7) is 0.371. The maximum Gasteiger partial charge on any atom is 0.355 e. The van der Waals surface area contributed by atoms with Gasteiger partial charge >= 0.3 is 11.9 Å². The number of aryl methyl sites for hydroxylation is 1. The highest BCUT2D eigenvalue weighted by Gasteiger charge is 2.39. The van der Waals surface area contributed by atoms with Gasteiger partial charge in [0.1, 0.15) is 6.10 Å². The second kappa shape index (κ2) is 9.44. The van der Waals surface area contributed by atoms with Crippen LogP contribution in [0.3, 0.4) is 0 Å². The number of rotatable bonds is 9. The molecular weight excluding hydrogens is 414 g/mol. The zero-order valence-electron chi connectivity index (χ0n) is 16.1. The molecule has 30 heavy (non-hydrogen) atoms. The molecule has 9 heteroatoms. The van der Waals surface area contributed by atoms with Crippen LogP contribution in [0.2, 0.25) is 0 Å². The summed E-state index contributed by atoms with van der Waals surface area (Å²) < 4.78 is 28.9. The second-order valence-electron chi connectivity index (χ2n) is 7.04. The predicted octanol–water partition coefficient (Wildman–Crippen LogP) is 3.47. The second-order valence-corrected chi connectivity index (χ2v) is 7.98. The van der Waals surface area contributed by atoms with E-state index < -0.39 is 18.0 Å². The lowest BCUT2D eigenvalue weighted by atomic mass is 10.0. The van der Waals surface area contributed by atoms with Crippen LogP contribution in [0.5, 0.6) is 0 Å². The van der Waals surface area contributed by atoms with Crippen molar-refractivity contribution in [3.05, 3.63) is 64.1 Å². The first kappa shape index (κ1) is 22.0. The lowest BCUT2D eigenvalue weighted by molar-refractivity contribution is -0.128. The van der Waals surface area contributed by atoms with Crippen LogP contribution in [0.25, 0.3) is 0 Å². The molecule has 0 spiro atoms. The molecule has 3 rings (SSSR count). The Morgan fingerprint density at radius 2 is 2.10 bits per heavy atom. The number of aromatic nitrogens is 1. The average molecular weight is 436 g/mol. The zero-order chi connectivity index (χ0) is 21.7. The minimum absolute atomic E-state index is 0.0236. The van der Waals surface area contributed by atoms with Crippen molar-refractivity contribution < 1.29 is 28.6 Å². The fraction of sp³-hybridized carbons (Fsp3) is 0.381. The maximum atomic E-state index is 14.4. The van der Waals surface area contributed by atoms with Crippen LogP contribution in [0, 0.1) is 0 Å². The molecule has 1 aliphatic heterocycles. The number of aliphatic hydroxyl groups excluding tert-OH is 1. The first-order valence-corrected chi connectivity index (χ1v) is 10.4. The van der Waals surface area contributed by atoms with Crippen molar-refractivity contribution >= 4 is 23.2 Å². The number of aromatic carboxylic acids is 1. The Balaban J connectivity index is 1.60. The van der Waals surface area contributed by atoms with E-state index >= 15 is 0 Å². The van der Waals surface area contributed by atoms with Crippen LogP contribution in [-0.2, 0) is 17.1 Å². The highest BCUT2D eigenvalue weighted by atomic mass is 32.1. The van der Waals surface area contributed by atoms with Gasteiger partial charge in [0.05, 0.1) is 11.6 Å². The van der Waals surface area contributed by atoms with E-state index in [1.807, 2.05) is 0 Å². The van der Waals surface area contributed by atoms with E-state index in [1.54, 1.807) is 11.0 Å². The molecule has 1 amide bonds. The molecule has 2 heterocycles. The van der Waals surface area contributed by atoms with E-state index in [9.17, 15) is 23.5 Å². The lowest BCUT2D eigenvalue weighted by Gasteiger charge is -2.24. The SMILES string of the molecule is O=C(O)c1ncsc1CCCN1C(=O)CCC1C=CC(O)C(F)(F)c1ccccc1. The summed E-state index contributed by atoms with van der Waals surface area (Å²) >= 11 is 1.25. The molecule has 1 fully saturated rings. The van der Waals surface area contributed by atoms with Gasteiger partial charge in [-0.25, -0.2) is 9.78 Å². The molecular formula is C21H22F2N2O4S. The molecule has 1 aromatic heterocycles. The molecule has 1 aromatic carbocycles. The number of thiazole rings is 1. The third kappa shape index (κ3) is 4.91. The summed E-state index contributed by atoms with van der Waals surface area (Å²) in [4.78, 5) is 29.4. The number of likely N-dealkylation sites (tertiary alicyclic amines) is 1. The molecule has 1 saturated heterocycles. The van der Waals surface area contributed by atoms with Gasteiger partial charge in [0.15, 0.2) is 5.69 Å². The summed E-state index contributed by atoms with van der Waals surface area (Å²) in [5, 5.41) is 19.1. The number of alkyl halides is 2. The Morgan fingerprint density at radius 3 is 2.80 bits per heavy atom. The number of carbonyl (C=O) groups excluding carboxylic acids is 1. The Bertz CT molecular complexity index is 917. The molecule has 0 bridgehead atoms. The normalized spacial score (nSPS) is 18.3. The Hall–Kier alpha value is -2.65. The third-order valence-electron chi connectivity index (χ3n) is 5.07. The number of carboxylic acids is 1.